The zero-order valence-corrected chi connectivity index (χ0v) is 12.0. The van der Waals surface area contributed by atoms with Crippen LogP contribution < -0.4 is 5.32 Å². The SMILES string of the molecule is CCC1OCCC1CNc1c(C#N)nnc2ccccc12. The Balaban J connectivity index is 1.87. The first-order valence-corrected chi connectivity index (χ1v) is 7.34. The molecular formula is C16H18N4O. The van der Waals surface area contributed by atoms with Crippen LogP contribution in [0.2, 0.25) is 0 Å². The van der Waals surface area contributed by atoms with Crippen LogP contribution in [0, 0.1) is 17.2 Å². The second kappa shape index (κ2) is 6.06. The zero-order valence-electron chi connectivity index (χ0n) is 12.0. The number of ether oxygens (including phenoxy) is 1. The number of hydrogen-bond donors (Lipinski definition) is 1. The van der Waals surface area contributed by atoms with Gasteiger partial charge in [0.2, 0.25) is 0 Å². The summed E-state index contributed by atoms with van der Waals surface area (Å²) in [5.41, 5.74) is 1.93. The molecule has 1 fully saturated rings. The zero-order chi connectivity index (χ0) is 14.7. The standard InChI is InChI=1S/C16H18N4O/c1-2-15-11(7-8-21-15)10-18-16-12-5-3-4-6-13(12)19-20-14(16)9-17/h3-6,11,15H,2,7-8,10H2,1H3,(H,18,19). The van der Waals surface area contributed by atoms with Gasteiger partial charge in [-0.25, -0.2) is 0 Å². The summed E-state index contributed by atoms with van der Waals surface area (Å²) in [4.78, 5) is 0. The number of hydrogen-bond acceptors (Lipinski definition) is 5. The summed E-state index contributed by atoms with van der Waals surface area (Å²) in [5.74, 6) is 0.480. The Labute approximate surface area is 123 Å². The molecule has 0 radical (unpaired) electrons. The van der Waals surface area contributed by atoms with E-state index in [1.807, 2.05) is 24.3 Å². The van der Waals surface area contributed by atoms with E-state index < -0.39 is 0 Å². The van der Waals surface area contributed by atoms with E-state index >= 15 is 0 Å². The fraction of sp³-hybridized carbons (Fsp3) is 0.438. The highest BCUT2D eigenvalue weighted by Gasteiger charge is 2.26. The smallest absolute Gasteiger partial charge is 0.186 e. The minimum absolute atomic E-state index is 0.309. The Kier molecular flexibility index (Phi) is 3.98. The Hall–Kier alpha value is -2.19. The summed E-state index contributed by atoms with van der Waals surface area (Å²) in [7, 11) is 0. The van der Waals surface area contributed by atoms with Gasteiger partial charge in [0.1, 0.15) is 6.07 Å². The highest BCUT2D eigenvalue weighted by molar-refractivity contribution is 5.92. The second-order valence-corrected chi connectivity index (χ2v) is 5.30. The first kappa shape index (κ1) is 13.8. The van der Waals surface area contributed by atoms with Crippen LogP contribution in [0.3, 0.4) is 0 Å². The maximum Gasteiger partial charge on any atom is 0.186 e. The minimum atomic E-state index is 0.309. The van der Waals surface area contributed by atoms with E-state index in [0.717, 1.165) is 42.6 Å². The van der Waals surface area contributed by atoms with Crippen molar-refractivity contribution in [3.05, 3.63) is 30.0 Å². The molecule has 5 heteroatoms. The third-order valence-corrected chi connectivity index (χ3v) is 4.06. The van der Waals surface area contributed by atoms with Gasteiger partial charge in [0.05, 0.1) is 17.3 Å². The van der Waals surface area contributed by atoms with Crippen molar-refractivity contribution in [3.8, 4) is 6.07 Å². The van der Waals surface area contributed by atoms with Gasteiger partial charge >= 0.3 is 0 Å². The maximum absolute atomic E-state index is 9.25. The van der Waals surface area contributed by atoms with Gasteiger partial charge < -0.3 is 10.1 Å². The molecule has 2 unspecified atom stereocenters. The highest BCUT2D eigenvalue weighted by atomic mass is 16.5. The molecule has 1 N–H and O–H groups in total. The van der Waals surface area contributed by atoms with Crippen molar-refractivity contribution in [2.45, 2.75) is 25.9 Å². The Bertz CT molecular complexity index is 680. The van der Waals surface area contributed by atoms with Crippen molar-refractivity contribution in [2.24, 2.45) is 5.92 Å². The van der Waals surface area contributed by atoms with Crippen LogP contribution in [0.4, 0.5) is 5.69 Å². The predicted octanol–water partition coefficient (Wildman–Crippen LogP) is 2.73. The van der Waals surface area contributed by atoms with Gasteiger partial charge in [-0.3, -0.25) is 0 Å². The number of nitrogens with one attached hydrogen (secondary N) is 1. The van der Waals surface area contributed by atoms with Crippen molar-refractivity contribution >= 4 is 16.6 Å². The number of aromatic nitrogens is 2. The van der Waals surface area contributed by atoms with Gasteiger partial charge in [-0.15, -0.1) is 10.2 Å². The Morgan fingerprint density at radius 1 is 1.38 bits per heavy atom. The lowest BCUT2D eigenvalue weighted by atomic mass is 9.99. The topological polar surface area (TPSA) is 70.8 Å². The molecule has 21 heavy (non-hydrogen) atoms. The molecule has 108 valence electrons. The molecule has 2 heterocycles. The molecule has 1 aliphatic heterocycles. The third-order valence-electron chi connectivity index (χ3n) is 4.06. The maximum atomic E-state index is 9.25. The second-order valence-electron chi connectivity index (χ2n) is 5.30. The quantitative estimate of drug-likeness (QED) is 0.933. The van der Waals surface area contributed by atoms with E-state index in [2.05, 4.69) is 28.5 Å². The average Bonchev–Trinajstić information content (AvgIpc) is 2.99. The lowest BCUT2D eigenvalue weighted by Crippen LogP contribution is -2.23. The lowest BCUT2D eigenvalue weighted by Gasteiger charge is -2.18. The molecule has 1 aromatic carbocycles. The fourth-order valence-electron chi connectivity index (χ4n) is 2.92. The summed E-state index contributed by atoms with van der Waals surface area (Å²) in [6, 6.07) is 9.86. The van der Waals surface area contributed by atoms with Gasteiger partial charge in [0.15, 0.2) is 5.69 Å². The average molecular weight is 282 g/mol. The van der Waals surface area contributed by atoms with E-state index in [4.69, 9.17) is 4.74 Å². The van der Waals surface area contributed by atoms with Crippen LogP contribution >= 0.6 is 0 Å². The number of nitriles is 1. The van der Waals surface area contributed by atoms with Crippen LogP contribution in [0.1, 0.15) is 25.5 Å². The highest BCUT2D eigenvalue weighted by Crippen LogP contribution is 2.27. The van der Waals surface area contributed by atoms with E-state index in [-0.39, 0.29) is 0 Å². The number of rotatable bonds is 4. The van der Waals surface area contributed by atoms with Crippen molar-refractivity contribution < 1.29 is 4.74 Å². The number of nitrogens with zero attached hydrogens (tertiary/aromatic N) is 3. The molecule has 0 bridgehead atoms. The van der Waals surface area contributed by atoms with Crippen LogP contribution in [0.15, 0.2) is 24.3 Å². The molecular weight excluding hydrogens is 264 g/mol. The van der Waals surface area contributed by atoms with Crippen LogP contribution in [0.25, 0.3) is 10.9 Å². The van der Waals surface area contributed by atoms with Crippen LogP contribution in [0.5, 0.6) is 0 Å². The van der Waals surface area contributed by atoms with Crippen LogP contribution in [-0.2, 0) is 4.74 Å². The molecule has 0 saturated carbocycles. The van der Waals surface area contributed by atoms with E-state index in [9.17, 15) is 5.26 Å². The third kappa shape index (κ3) is 2.67. The number of benzene rings is 1. The van der Waals surface area contributed by atoms with Crippen LogP contribution in [-0.4, -0.2) is 29.5 Å². The summed E-state index contributed by atoms with van der Waals surface area (Å²) >= 11 is 0. The summed E-state index contributed by atoms with van der Waals surface area (Å²) in [5, 5.41) is 21.7. The van der Waals surface area contributed by atoms with Gasteiger partial charge in [0, 0.05) is 24.5 Å². The van der Waals surface area contributed by atoms with Gasteiger partial charge in [-0.1, -0.05) is 25.1 Å². The Morgan fingerprint density at radius 2 is 2.24 bits per heavy atom. The summed E-state index contributed by atoms with van der Waals surface area (Å²) in [6.07, 6.45) is 2.39. The predicted molar refractivity (Wildman–Crippen MR) is 80.9 cm³/mol. The van der Waals surface area contributed by atoms with Gasteiger partial charge in [-0.2, -0.15) is 5.26 Å². The normalized spacial score (nSPS) is 21.3. The van der Waals surface area contributed by atoms with E-state index in [0.29, 0.717) is 17.7 Å². The van der Waals surface area contributed by atoms with Gasteiger partial charge in [0.25, 0.3) is 0 Å². The lowest BCUT2D eigenvalue weighted by molar-refractivity contribution is 0.0900. The first-order chi connectivity index (χ1) is 10.3. The molecule has 1 aromatic heterocycles. The first-order valence-electron chi connectivity index (χ1n) is 7.34. The minimum Gasteiger partial charge on any atom is -0.382 e. The monoisotopic (exact) mass is 282 g/mol. The molecule has 1 aliphatic rings. The fourth-order valence-corrected chi connectivity index (χ4v) is 2.92. The summed E-state index contributed by atoms with van der Waals surface area (Å²) in [6.45, 7) is 3.77. The van der Waals surface area contributed by atoms with E-state index in [1.54, 1.807) is 0 Å². The number of fused-ring (bicyclic) bond motifs is 1. The molecule has 0 spiro atoms. The van der Waals surface area contributed by atoms with Crippen molar-refractivity contribution in [3.63, 3.8) is 0 Å². The molecule has 1 saturated heterocycles. The molecule has 2 aromatic rings. The molecule has 2 atom stereocenters. The largest absolute Gasteiger partial charge is 0.382 e. The van der Waals surface area contributed by atoms with Crippen molar-refractivity contribution in [1.82, 2.24) is 10.2 Å². The van der Waals surface area contributed by atoms with E-state index in [1.165, 1.54) is 0 Å². The van der Waals surface area contributed by atoms with Gasteiger partial charge in [-0.05, 0) is 18.9 Å². The Morgan fingerprint density at radius 3 is 3.05 bits per heavy atom. The number of anilines is 1. The summed E-state index contributed by atoms with van der Waals surface area (Å²) < 4.78 is 5.71. The van der Waals surface area contributed by atoms with Crippen molar-refractivity contribution in [2.75, 3.05) is 18.5 Å². The molecule has 5 nitrogen and oxygen atoms in total. The molecule has 3 rings (SSSR count). The molecule has 0 amide bonds. The molecule has 0 aliphatic carbocycles. The van der Waals surface area contributed by atoms with Crippen molar-refractivity contribution in [1.29, 1.82) is 5.26 Å².